The first-order chi connectivity index (χ1) is 16.6. The van der Waals surface area contributed by atoms with Gasteiger partial charge in [0, 0.05) is 12.2 Å². The topological polar surface area (TPSA) is 130 Å². The molecule has 2 unspecified atom stereocenters. The van der Waals surface area contributed by atoms with Gasteiger partial charge in [0.2, 0.25) is 15.9 Å². The predicted octanol–water partition coefficient (Wildman–Crippen LogP) is 2.70. The normalized spacial score (nSPS) is 21.8. The number of anilines is 1. The van der Waals surface area contributed by atoms with Crippen LogP contribution in [0.5, 0.6) is 0 Å². The summed E-state index contributed by atoms with van der Waals surface area (Å²) in [6, 6.07) is 8.62. The fourth-order valence-corrected chi connectivity index (χ4v) is 6.69. The number of aliphatic imine (C=N–C) groups is 1. The quantitative estimate of drug-likeness (QED) is 0.586. The first-order valence-electron chi connectivity index (χ1n) is 11.1. The van der Waals surface area contributed by atoms with Gasteiger partial charge in [0.25, 0.3) is 0 Å². The SMILES string of the molecule is CC(C)(C)C1C(=O)C(C2=Nc3ccc(NS(C)(=O)=O)cc3S(=O)(=O)C2)C(=O)N1Cc1ccc(F)cc1. The van der Waals surface area contributed by atoms with Crippen molar-refractivity contribution in [2.45, 2.75) is 38.3 Å². The number of hydrogen-bond donors (Lipinski definition) is 1. The summed E-state index contributed by atoms with van der Waals surface area (Å²) in [6.45, 7) is 5.50. The van der Waals surface area contributed by atoms with Crippen LogP contribution in [0.1, 0.15) is 26.3 Å². The van der Waals surface area contributed by atoms with E-state index in [-0.39, 0.29) is 28.5 Å². The predicted molar refractivity (Wildman–Crippen MR) is 133 cm³/mol. The summed E-state index contributed by atoms with van der Waals surface area (Å²) < 4.78 is 64.9. The average molecular weight is 536 g/mol. The molecule has 2 aliphatic rings. The van der Waals surface area contributed by atoms with E-state index in [0.717, 1.165) is 6.26 Å². The lowest BCUT2D eigenvalue weighted by Gasteiger charge is -2.33. The third-order valence-corrected chi connectivity index (χ3v) is 8.29. The number of hydrogen-bond acceptors (Lipinski definition) is 7. The van der Waals surface area contributed by atoms with Crippen LogP contribution in [0.2, 0.25) is 0 Å². The van der Waals surface area contributed by atoms with Crippen LogP contribution >= 0.6 is 0 Å². The van der Waals surface area contributed by atoms with Gasteiger partial charge in [-0.3, -0.25) is 19.3 Å². The molecule has 2 heterocycles. The van der Waals surface area contributed by atoms with Gasteiger partial charge < -0.3 is 4.90 Å². The number of amides is 1. The van der Waals surface area contributed by atoms with Gasteiger partial charge >= 0.3 is 0 Å². The van der Waals surface area contributed by atoms with Crippen molar-refractivity contribution in [3.63, 3.8) is 0 Å². The molecule has 1 amide bonds. The molecule has 0 aromatic heterocycles. The number of carbonyl (C=O) groups is 2. The lowest BCUT2D eigenvalue weighted by Crippen LogP contribution is -2.44. The Morgan fingerprint density at radius 3 is 2.33 bits per heavy atom. The highest BCUT2D eigenvalue weighted by Crippen LogP contribution is 2.39. The van der Waals surface area contributed by atoms with Crippen LogP contribution in [0.15, 0.2) is 52.4 Å². The Hall–Kier alpha value is -3.12. The smallest absolute Gasteiger partial charge is 0.239 e. The highest BCUT2D eigenvalue weighted by atomic mass is 32.2. The van der Waals surface area contributed by atoms with Gasteiger partial charge in [0.05, 0.1) is 34.3 Å². The monoisotopic (exact) mass is 535 g/mol. The Labute approximate surface area is 209 Å². The van der Waals surface area contributed by atoms with Gasteiger partial charge in [0.1, 0.15) is 11.7 Å². The number of carbonyl (C=O) groups excluding carboxylic acids is 2. The van der Waals surface area contributed by atoms with E-state index in [4.69, 9.17) is 0 Å². The van der Waals surface area contributed by atoms with E-state index in [9.17, 15) is 30.8 Å². The molecular weight excluding hydrogens is 509 g/mol. The van der Waals surface area contributed by atoms with Crippen molar-refractivity contribution < 1.29 is 30.8 Å². The molecular formula is C24H26FN3O6S2. The van der Waals surface area contributed by atoms with Gasteiger partial charge in [-0.25, -0.2) is 21.2 Å². The number of likely N-dealkylation sites (tertiary alicyclic amines) is 1. The van der Waals surface area contributed by atoms with Crippen LogP contribution in [0.3, 0.4) is 0 Å². The van der Waals surface area contributed by atoms with Crippen LogP contribution in [0.4, 0.5) is 15.8 Å². The Morgan fingerprint density at radius 1 is 1.11 bits per heavy atom. The highest BCUT2D eigenvalue weighted by Gasteiger charge is 2.54. The molecule has 12 heteroatoms. The number of nitrogens with zero attached hydrogens (tertiary/aromatic N) is 2. The molecule has 2 aliphatic heterocycles. The molecule has 0 radical (unpaired) electrons. The minimum atomic E-state index is -4.02. The Kier molecular flexibility index (Phi) is 6.32. The fraction of sp³-hybridized carbons (Fsp3) is 0.375. The van der Waals surface area contributed by atoms with Crippen LogP contribution in [-0.4, -0.2) is 57.2 Å². The molecule has 2 aromatic carbocycles. The molecule has 36 heavy (non-hydrogen) atoms. The maximum Gasteiger partial charge on any atom is 0.239 e. The molecule has 1 fully saturated rings. The summed E-state index contributed by atoms with van der Waals surface area (Å²) in [6.07, 6.45) is 0.942. The Morgan fingerprint density at radius 2 is 1.75 bits per heavy atom. The zero-order chi connectivity index (χ0) is 26.6. The molecule has 9 nitrogen and oxygen atoms in total. The second-order valence-electron chi connectivity index (χ2n) is 10.1. The average Bonchev–Trinajstić information content (AvgIpc) is 2.98. The largest absolute Gasteiger partial charge is 0.327 e. The van der Waals surface area contributed by atoms with Gasteiger partial charge in [0.15, 0.2) is 15.6 Å². The van der Waals surface area contributed by atoms with Gasteiger partial charge in [-0.2, -0.15) is 0 Å². The Balaban J connectivity index is 1.74. The van der Waals surface area contributed by atoms with E-state index < -0.39 is 60.5 Å². The molecule has 1 saturated heterocycles. The molecule has 4 rings (SSSR count). The summed E-state index contributed by atoms with van der Waals surface area (Å²) >= 11 is 0. The van der Waals surface area contributed by atoms with Gasteiger partial charge in [-0.05, 0) is 41.3 Å². The van der Waals surface area contributed by atoms with Crippen molar-refractivity contribution in [3.05, 3.63) is 53.8 Å². The number of nitrogens with one attached hydrogen (secondary N) is 1. The van der Waals surface area contributed by atoms with Crippen LogP contribution < -0.4 is 4.72 Å². The first kappa shape index (κ1) is 26.0. The zero-order valence-corrected chi connectivity index (χ0v) is 21.8. The van der Waals surface area contributed by atoms with Crippen molar-refractivity contribution in [1.82, 2.24) is 4.90 Å². The maximum absolute atomic E-state index is 13.6. The fourth-order valence-electron chi connectivity index (χ4n) is 4.62. The number of halogens is 1. The number of sulfone groups is 1. The summed E-state index contributed by atoms with van der Waals surface area (Å²) in [5.41, 5.74) is -0.0104. The number of benzene rings is 2. The molecule has 2 atom stereocenters. The van der Waals surface area contributed by atoms with Crippen molar-refractivity contribution in [2.75, 3.05) is 16.7 Å². The number of ketones is 1. The van der Waals surface area contributed by atoms with Gasteiger partial charge in [-0.1, -0.05) is 32.9 Å². The van der Waals surface area contributed by atoms with E-state index in [1.54, 1.807) is 0 Å². The van der Waals surface area contributed by atoms with E-state index in [1.807, 2.05) is 20.8 Å². The first-order valence-corrected chi connectivity index (χ1v) is 14.6. The lowest BCUT2D eigenvalue weighted by molar-refractivity contribution is -0.132. The highest BCUT2D eigenvalue weighted by molar-refractivity contribution is 7.92. The molecule has 0 saturated carbocycles. The van der Waals surface area contributed by atoms with Crippen LogP contribution in [0.25, 0.3) is 0 Å². The third kappa shape index (κ3) is 5.05. The standard InChI is InChI=1S/C24H26FN3O6S2/c1-24(2,3)22-21(29)20(23(30)28(22)12-14-5-7-15(25)8-6-14)18-13-36(33,34)19-11-16(27-35(4,31)32)9-10-17(19)26-18/h5-11,20,22,27H,12-13H2,1-4H3. The van der Waals surface area contributed by atoms with Crippen molar-refractivity contribution in [1.29, 1.82) is 0 Å². The number of rotatable bonds is 5. The summed E-state index contributed by atoms with van der Waals surface area (Å²) in [7, 11) is -7.65. The third-order valence-electron chi connectivity index (χ3n) is 6.02. The van der Waals surface area contributed by atoms with E-state index in [2.05, 4.69) is 9.71 Å². The molecule has 0 bridgehead atoms. The number of sulfonamides is 1. The maximum atomic E-state index is 13.6. The van der Waals surface area contributed by atoms with Gasteiger partial charge in [-0.15, -0.1) is 0 Å². The molecule has 0 aliphatic carbocycles. The molecule has 192 valence electrons. The zero-order valence-electron chi connectivity index (χ0n) is 20.1. The van der Waals surface area contributed by atoms with Crippen LogP contribution in [0, 0.1) is 17.2 Å². The van der Waals surface area contributed by atoms with Crippen molar-refractivity contribution in [3.8, 4) is 0 Å². The molecule has 2 aromatic rings. The summed E-state index contributed by atoms with van der Waals surface area (Å²) in [5.74, 6) is -3.44. The number of Topliss-reactive ketones (excluding diaryl/α,β-unsaturated/α-hetero) is 1. The van der Waals surface area contributed by atoms with Crippen molar-refractivity contribution in [2.24, 2.45) is 16.3 Å². The van der Waals surface area contributed by atoms with E-state index in [1.165, 1.54) is 47.4 Å². The second-order valence-corrected chi connectivity index (χ2v) is 13.8. The minimum absolute atomic E-state index is 0.0280. The Bertz CT molecular complexity index is 1490. The summed E-state index contributed by atoms with van der Waals surface area (Å²) in [4.78, 5) is 32.7. The molecule has 0 spiro atoms. The molecule has 1 N–H and O–H groups in total. The minimum Gasteiger partial charge on any atom is -0.327 e. The van der Waals surface area contributed by atoms with E-state index >= 15 is 0 Å². The van der Waals surface area contributed by atoms with Crippen LogP contribution in [-0.2, 0) is 36.0 Å². The lowest BCUT2D eigenvalue weighted by atomic mass is 9.82. The van der Waals surface area contributed by atoms with E-state index in [0.29, 0.717) is 5.56 Å². The van der Waals surface area contributed by atoms with Crippen molar-refractivity contribution >= 4 is 48.6 Å². The summed E-state index contributed by atoms with van der Waals surface area (Å²) in [5, 5.41) is 0. The number of fused-ring (bicyclic) bond motifs is 1. The second kappa shape index (κ2) is 8.77.